The number of β-amino-alcohol motifs (C(OH)–C–C–N with tert-alkyl or cyclic N) is 1. The first kappa shape index (κ1) is 20.0. The van der Waals surface area contributed by atoms with Gasteiger partial charge in [0, 0.05) is 62.1 Å². The summed E-state index contributed by atoms with van der Waals surface area (Å²) in [6, 6.07) is 3.87. The minimum absolute atomic E-state index is 0.0276. The van der Waals surface area contributed by atoms with Crippen LogP contribution in [0.25, 0.3) is 10.9 Å². The van der Waals surface area contributed by atoms with Crippen molar-refractivity contribution in [3.05, 3.63) is 30.2 Å². The van der Waals surface area contributed by atoms with Crippen LogP contribution in [0.5, 0.6) is 0 Å². The Morgan fingerprint density at radius 1 is 1.36 bits per heavy atom. The van der Waals surface area contributed by atoms with E-state index >= 15 is 0 Å². The number of carboxylic acids is 1. The Morgan fingerprint density at radius 3 is 2.89 bits per heavy atom. The summed E-state index contributed by atoms with van der Waals surface area (Å²) in [5.74, 6) is -1.06. The molecule has 1 amide bonds. The van der Waals surface area contributed by atoms with Gasteiger partial charge in [0.15, 0.2) is 0 Å². The Balaban J connectivity index is 1.67. The molecule has 1 saturated heterocycles. The Hall–Kier alpha value is -2.74. The Morgan fingerprint density at radius 2 is 2.14 bits per heavy atom. The van der Waals surface area contributed by atoms with Gasteiger partial charge in [-0.3, -0.25) is 19.6 Å². The number of hydrogen-bond acceptors (Lipinski definition) is 6. The standard InChI is InChI=1S/C20H26N4O4/c1-14-10-17(15-11-21-8-6-16(15)22-14)24-9-7-20(28,13-24)12-23(2)18(25)4-3-5-19(26)27/h6,8,10-11,28H,3-5,7,9,12-13H2,1-2H3,(H,26,27)/t20-/m0/s1. The highest BCUT2D eigenvalue weighted by Gasteiger charge is 2.38. The Labute approximate surface area is 163 Å². The minimum Gasteiger partial charge on any atom is -0.481 e. The summed E-state index contributed by atoms with van der Waals surface area (Å²) in [5, 5.41) is 20.7. The molecule has 28 heavy (non-hydrogen) atoms. The Kier molecular flexibility index (Phi) is 5.79. The van der Waals surface area contributed by atoms with Crippen LogP contribution >= 0.6 is 0 Å². The van der Waals surface area contributed by atoms with Gasteiger partial charge in [-0.05, 0) is 31.9 Å². The maximum atomic E-state index is 12.2. The lowest BCUT2D eigenvalue weighted by atomic mass is 10.0. The van der Waals surface area contributed by atoms with Gasteiger partial charge >= 0.3 is 5.97 Å². The van der Waals surface area contributed by atoms with E-state index in [1.54, 1.807) is 19.4 Å². The van der Waals surface area contributed by atoms with Crippen LogP contribution in [0.3, 0.4) is 0 Å². The van der Waals surface area contributed by atoms with Crippen molar-refractivity contribution >= 4 is 28.5 Å². The van der Waals surface area contributed by atoms with Crippen molar-refractivity contribution in [1.29, 1.82) is 0 Å². The fourth-order valence-corrected chi connectivity index (χ4v) is 3.74. The van der Waals surface area contributed by atoms with Gasteiger partial charge in [-0.2, -0.15) is 0 Å². The zero-order chi connectivity index (χ0) is 20.3. The number of anilines is 1. The number of rotatable bonds is 7. The summed E-state index contributed by atoms with van der Waals surface area (Å²) in [7, 11) is 1.65. The fourth-order valence-electron chi connectivity index (χ4n) is 3.74. The van der Waals surface area contributed by atoms with Gasteiger partial charge in [0.2, 0.25) is 5.91 Å². The number of aliphatic carboxylic acids is 1. The van der Waals surface area contributed by atoms with Gasteiger partial charge in [-0.15, -0.1) is 0 Å². The highest BCUT2D eigenvalue weighted by atomic mass is 16.4. The molecule has 0 aromatic carbocycles. The summed E-state index contributed by atoms with van der Waals surface area (Å²) in [4.78, 5) is 35.2. The molecule has 150 valence electrons. The van der Waals surface area contributed by atoms with Crippen molar-refractivity contribution in [2.75, 3.05) is 31.6 Å². The second kappa shape index (κ2) is 8.10. The zero-order valence-electron chi connectivity index (χ0n) is 16.3. The maximum Gasteiger partial charge on any atom is 0.303 e. The van der Waals surface area contributed by atoms with Crippen molar-refractivity contribution < 1.29 is 19.8 Å². The number of aromatic nitrogens is 2. The number of nitrogens with zero attached hydrogens (tertiary/aromatic N) is 4. The molecule has 0 unspecified atom stereocenters. The van der Waals surface area contributed by atoms with Crippen LogP contribution in [0.4, 0.5) is 5.69 Å². The number of hydrogen-bond donors (Lipinski definition) is 2. The minimum atomic E-state index is -1.01. The number of likely N-dealkylation sites (N-methyl/N-ethyl adjacent to an activating group) is 1. The fraction of sp³-hybridized carbons (Fsp3) is 0.500. The average Bonchev–Trinajstić information content (AvgIpc) is 3.02. The second-order valence-corrected chi connectivity index (χ2v) is 7.57. The molecule has 1 atom stereocenters. The van der Waals surface area contributed by atoms with Gasteiger partial charge in [0.05, 0.1) is 12.1 Å². The third-order valence-electron chi connectivity index (χ3n) is 5.13. The first-order valence-electron chi connectivity index (χ1n) is 9.42. The molecule has 2 aromatic rings. The Bertz CT molecular complexity index is 888. The highest BCUT2D eigenvalue weighted by molar-refractivity contribution is 5.91. The SMILES string of the molecule is Cc1cc(N2CC[C@](O)(CN(C)C(=O)CCCC(=O)O)C2)c2cnccc2n1. The topological polar surface area (TPSA) is 107 Å². The van der Waals surface area contributed by atoms with Crippen molar-refractivity contribution in [1.82, 2.24) is 14.9 Å². The number of fused-ring (bicyclic) bond motifs is 1. The first-order chi connectivity index (χ1) is 13.3. The molecular formula is C20H26N4O4. The number of aryl methyl sites for hydroxylation is 1. The van der Waals surface area contributed by atoms with Gasteiger partial charge in [-0.1, -0.05) is 0 Å². The molecule has 8 nitrogen and oxygen atoms in total. The average molecular weight is 386 g/mol. The van der Waals surface area contributed by atoms with Crippen LogP contribution in [0.15, 0.2) is 24.5 Å². The molecule has 3 heterocycles. The molecule has 0 spiro atoms. The summed E-state index contributed by atoms with van der Waals surface area (Å²) in [6.07, 6.45) is 4.49. The van der Waals surface area contributed by atoms with Gasteiger partial charge in [0.1, 0.15) is 5.60 Å². The molecule has 1 fully saturated rings. The molecule has 0 aliphatic carbocycles. The van der Waals surface area contributed by atoms with E-state index in [1.165, 1.54) is 4.90 Å². The molecular weight excluding hydrogens is 360 g/mol. The number of carboxylic acid groups (broad SMARTS) is 1. The van der Waals surface area contributed by atoms with E-state index in [9.17, 15) is 14.7 Å². The maximum absolute atomic E-state index is 12.2. The zero-order valence-corrected chi connectivity index (χ0v) is 16.3. The number of carbonyl (C=O) groups excluding carboxylic acids is 1. The van der Waals surface area contributed by atoms with E-state index in [-0.39, 0.29) is 25.3 Å². The molecule has 1 aliphatic heterocycles. The van der Waals surface area contributed by atoms with Crippen LogP contribution in [0.2, 0.25) is 0 Å². The quantitative estimate of drug-likeness (QED) is 0.744. The largest absolute Gasteiger partial charge is 0.481 e. The summed E-state index contributed by atoms with van der Waals surface area (Å²) in [5.41, 5.74) is 1.74. The summed E-state index contributed by atoms with van der Waals surface area (Å²) in [6.45, 7) is 3.24. The highest BCUT2D eigenvalue weighted by Crippen LogP contribution is 2.32. The first-order valence-corrected chi connectivity index (χ1v) is 9.42. The van der Waals surface area contributed by atoms with Crippen molar-refractivity contribution in [2.45, 2.75) is 38.2 Å². The van der Waals surface area contributed by atoms with E-state index in [0.717, 1.165) is 22.3 Å². The van der Waals surface area contributed by atoms with Crippen molar-refractivity contribution in [2.24, 2.45) is 0 Å². The van der Waals surface area contributed by atoms with Crippen LogP contribution in [-0.4, -0.2) is 69.2 Å². The van der Waals surface area contributed by atoms with Crippen LogP contribution in [0.1, 0.15) is 31.4 Å². The number of amides is 1. The second-order valence-electron chi connectivity index (χ2n) is 7.57. The van der Waals surface area contributed by atoms with Gasteiger partial charge < -0.3 is 20.0 Å². The monoisotopic (exact) mass is 386 g/mol. The van der Waals surface area contributed by atoms with Gasteiger partial charge in [-0.25, -0.2) is 0 Å². The molecule has 8 heteroatoms. The number of pyridine rings is 2. The third kappa shape index (κ3) is 4.56. The van der Waals surface area contributed by atoms with E-state index in [1.807, 2.05) is 19.1 Å². The lowest BCUT2D eigenvalue weighted by molar-refractivity contribution is -0.137. The lowest BCUT2D eigenvalue weighted by Crippen LogP contribution is -2.45. The predicted octanol–water partition coefficient (Wildman–Crippen LogP) is 1.59. The van der Waals surface area contributed by atoms with Crippen molar-refractivity contribution in [3.8, 4) is 0 Å². The molecule has 3 rings (SSSR count). The summed E-state index contributed by atoms with van der Waals surface area (Å²) < 4.78 is 0. The predicted molar refractivity (Wildman–Crippen MR) is 105 cm³/mol. The third-order valence-corrected chi connectivity index (χ3v) is 5.13. The van der Waals surface area contributed by atoms with Crippen LogP contribution in [-0.2, 0) is 9.59 Å². The lowest BCUT2D eigenvalue weighted by Gasteiger charge is -2.29. The summed E-state index contributed by atoms with van der Waals surface area (Å²) >= 11 is 0. The molecule has 2 aromatic heterocycles. The number of carbonyl (C=O) groups is 2. The molecule has 0 saturated carbocycles. The van der Waals surface area contributed by atoms with Crippen LogP contribution < -0.4 is 4.90 Å². The molecule has 0 bridgehead atoms. The van der Waals surface area contributed by atoms with E-state index in [0.29, 0.717) is 25.9 Å². The smallest absolute Gasteiger partial charge is 0.303 e. The normalized spacial score (nSPS) is 19.2. The molecule has 1 aliphatic rings. The van der Waals surface area contributed by atoms with Crippen LogP contribution in [0, 0.1) is 6.92 Å². The van der Waals surface area contributed by atoms with E-state index in [4.69, 9.17) is 5.11 Å². The molecule has 2 N–H and O–H groups in total. The van der Waals surface area contributed by atoms with E-state index in [2.05, 4.69) is 14.9 Å². The van der Waals surface area contributed by atoms with Crippen molar-refractivity contribution in [3.63, 3.8) is 0 Å². The molecule has 0 radical (unpaired) electrons. The number of aliphatic hydroxyl groups is 1. The van der Waals surface area contributed by atoms with E-state index < -0.39 is 11.6 Å². The van der Waals surface area contributed by atoms with Gasteiger partial charge in [0.25, 0.3) is 0 Å².